The molecule has 0 atom stereocenters. The minimum atomic E-state index is -0.417. The molecule has 0 aliphatic carbocycles. The molecule has 0 spiro atoms. The highest BCUT2D eigenvalue weighted by molar-refractivity contribution is 5.91. The van der Waals surface area contributed by atoms with Crippen LogP contribution in [0.2, 0.25) is 0 Å². The third kappa shape index (κ3) is 3.65. The Hall–Kier alpha value is -2.28. The van der Waals surface area contributed by atoms with Gasteiger partial charge in [-0.3, -0.25) is 0 Å². The molecule has 0 heterocycles. The molecule has 0 aliphatic heterocycles. The van der Waals surface area contributed by atoms with Gasteiger partial charge in [0.15, 0.2) is 0 Å². The molecule has 0 bridgehead atoms. The van der Waals surface area contributed by atoms with Gasteiger partial charge in [-0.2, -0.15) is 5.26 Å². The molecule has 0 fully saturated rings. The van der Waals surface area contributed by atoms with Crippen LogP contribution in [0.15, 0.2) is 31.0 Å². The van der Waals surface area contributed by atoms with Crippen molar-refractivity contribution in [3.63, 3.8) is 0 Å². The highest BCUT2D eigenvalue weighted by Gasteiger charge is 2.10. The van der Waals surface area contributed by atoms with Crippen molar-refractivity contribution in [2.75, 3.05) is 13.2 Å². The normalized spacial score (nSPS) is 9.18. The van der Waals surface area contributed by atoms with Crippen LogP contribution in [0.3, 0.4) is 0 Å². The van der Waals surface area contributed by atoms with Gasteiger partial charge in [-0.25, -0.2) is 4.79 Å². The number of esters is 1. The molecular formula is C13H13NO3. The lowest BCUT2D eigenvalue weighted by Gasteiger charge is -2.07. The summed E-state index contributed by atoms with van der Waals surface area (Å²) in [6.07, 6.45) is 1.29. The van der Waals surface area contributed by atoms with E-state index < -0.39 is 5.97 Å². The first-order valence-corrected chi connectivity index (χ1v) is 5.09. The minimum absolute atomic E-state index is 0.171. The van der Waals surface area contributed by atoms with Gasteiger partial charge >= 0.3 is 5.97 Å². The van der Waals surface area contributed by atoms with Gasteiger partial charge in [0.05, 0.1) is 23.5 Å². The summed E-state index contributed by atoms with van der Waals surface area (Å²) >= 11 is 0. The second kappa shape index (κ2) is 6.33. The lowest BCUT2D eigenvalue weighted by atomic mass is 10.1. The molecule has 0 unspecified atom stereocenters. The van der Waals surface area contributed by atoms with Crippen molar-refractivity contribution in [2.45, 2.75) is 6.92 Å². The quantitative estimate of drug-likeness (QED) is 0.442. The Kier molecular flexibility index (Phi) is 4.77. The van der Waals surface area contributed by atoms with E-state index in [4.69, 9.17) is 14.7 Å². The van der Waals surface area contributed by atoms with Crippen LogP contribution in [0.1, 0.15) is 21.5 Å². The number of aryl methyl sites for hydroxylation is 1. The lowest BCUT2D eigenvalue weighted by molar-refractivity contribution is 0.0420. The Morgan fingerprint density at radius 1 is 1.53 bits per heavy atom. The highest BCUT2D eigenvalue weighted by Crippen LogP contribution is 2.11. The standard InChI is InChI=1S/C13H13NO3/c1-3-16-6-7-17-13(15)12-5-4-11(9-14)8-10(12)2/h3-5,8H,1,6-7H2,2H3. The number of nitrogens with zero attached hydrogens (tertiary/aromatic N) is 1. The molecule has 0 saturated carbocycles. The number of benzene rings is 1. The predicted octanol–water partition coefficient (Wildman–Crippen LogP) is 2.18. The molecule has 0 N–H and O–H groups in total. The zero-order valence-electron chi connectivity index (χ0n) is 9.60. The highest BCUT2D eigenvalue weighted by atomic mass is 16.6. The van der Waals surface area contributed by atoms with Crippen LogP contribution in [0.5, 0.6) is 0 Å². The van der Waals surface area contributed by atoms with E-state index in [0.717, 1.165) is 5.56 Å². The summed E-state index contributed by atoms with van der Waals surface area (Å²) in [6.45, 7) is 5.59. The molecular weight excluding hydrogens is 218 g/mol. The van der Waals surface area contributed by atoms with E-state index in [2.05, 4.69) is 6.58 Å². The summed E-state index contributed by atoms with van der Waals surface area (Å²) in [7, 11) is 0. The van der Waals surface area contributed by atoms with Crippen LogP contribution in [0, 0.1) is 18.3 Å². The number of nitriles is 1. The fraction of sp³-hybridized carbons (Fsp3) is 0.231. The van der Waals surface area contributed by atoms with Crippen molar-refractivity contribution in [1.29, 1.82) is 5.26 Å². The fourth-order valence-electron chi connectivity index (χ4n) is 1.31. The third-order valence-corrected chi connectivity index (χ3v) is 2.13. The Labute approximate surface area is 100 Å². The average Bonchev–Trinajstić information content (AvgIpc) is 2.34. The average molecular weight is 231 g/mol. The topological polar surface area (TPSA) is 59.3 Å². The van der Waals surface area contributed by atoms with Crippen molar-refractivity contribution in [1.82, 2.24) is 0 Å². The van der Waals surface area contributed by atoms with Crippen molar-refractivity contribution < 1.29 is 14.3 Å². The molecule has 0 radical (unpaired) electrons. The van der Waals surface area contributed by atoms with Gasteiger partial charge in [-0.05, 0) is 30.7 Å². The Balaban J connectivity index is 2.63. The van der Waals surface area contributed by atoms with Crippen molar-refractivity contribution in [3.05, 3.63) is 47.7 Å². The Morgan fingerprint density at radius 3 is 2.88 bits per heavy atom. The maximum absolute atomic E-state index is 11.6. The molecule has 4 heteroatoms. The molecule has 0 amide bonds. The fourth-order valence-corrected chi connectivity index (χ4v) is 1.31. The number of rotatable bonds is 5. The molecule has 1 aromatic carbocycles. The lowest BCUT2D eigenvalue weighted by Crippen LogP contribution is -2.11. The molecule has 0 aromatic heterocycles. The second-order valence-electron chi connectivity index (χ2n) is 3.31. The smallest absolute Gasteiger partial charge is 0.338 e. The predicted molar refractivity (Wildman–Crippen MR) is 62.3 cm³/mol. The largest absolute Gasteiger partial charge is 0.498 e. The number of carbonyl (C=O) groups is 1. The van der Waals surface area contributed by atoms with Crippen LogP contribution in [-0.4, -0.2) is 19.2 Å². The maximum Gasteiger partial charge on any atom is 0.338 e. The summed E-state index contributed by atoms with van der Waals surface area (Å²) in [5.74, 6) is -0.417. The van der Waals surface area contributed by atoms with Gasteiger partial charge in [0.2, 0.25) is 0 Å². The zero-order valence-corrected chi connectivity index (χ0v) is 9.60. The van der Waals surface area contributed by atoms with E-state index in [9.17, 15) is 4.79 Å². The first-order chi connectivity index (χ1) is 8.19. The van der Waals surface area contributed by atoms with E-state index >= 15 is 0 Å². The van der Waals surface area contributed by atoms with Gasteiger partial charge in [-0.1, -0.05) is 6.58 Å². The van der Waals surface area contributed by atoms with Crippen molar-refractivity contribution >= 4 is 5.97 Å². The molecule has 4 nitrogen and oxygen atoms in total. The molecule has 17 heavy (non-hydrogen) atoms. The number of hydrogen-bond acceptors (Lipinski definition) is 4. The number of ether oxygens (including phenoxy) is 2. The van der Waals surface area contributed by atoms with E-state index in [-0.39, 0.29) is 13.2 Å². The van der Waals surface area contributed by atoms with Gasteiger partial charge in [-0.15, -0.1) is 0 Å². The molecule has 1 aromatic rings. The molecule has 1 rings (SSSR count). The summed E-state index contributed by atoms with van der Waals surface area (Å²) in [6, 6.07) is 6.84. The third-order valence-electron chi connectivity index (χ3n) is 2.13. The zero-order chi connectivity index (χ0) is 12.7. The van der Waals surface area contributed by atoms with Crippen molar-refractivity contribution in [2.24, 2.45) is 0 Å². The summed E-state index contributed by atoms with van der Waals surface area (Å²) in [4.78, 5) is 11.6. The van der Waals surface area contributed by atoms with Gasteiger partial charge < -0.3 is 9.47 Å². The van der Waals surface area contributed by atoms with Gasteiger partial charge in [0.25, 0.3) is 0 Å². The number of hydrogen-bond donors (Lipinski definition) is 0. The number of carbonyl (C=O) groups excluding carboxylic acids is 1. The van der Waals surface area contributed by atoms with E-state index in [1.165, 1.54) is 6.26 Å². The molecule has 88 valence electrons. The Bertz CT molecular complexity index is 460. The summed E-state index contributed by atoms with van der Waals surface area (Å²) in [5.41, 5.74) is 1.70. The van der Waals surface area contributed by atoms with E-state index in [0.29, 0.717) is 11.1 Å². The van der Waals surface area contributed by atoms with Crippen LogP contribution in [0.4, 0.5) is 0 Å². The van der Waals surface area contributed by atoms with Crippen molar-refractivity contribution in [3.8, 4) is 6.07 Å². The molecule has 0 saturated heterocycles. The van der Waals surface area contributed by atoms with Crippen LogP contribution in [0.25, 0.3) is 0 Å². The minimum Gasteiger partial charge on any atom is -0.498 e. The summed E-state index contributed by atoms with van der Waals surface area (Å²) in [5, 5.41) is 8.70. The Morgan fingerprint density at radius 2 is 2.29 bits per heavy atom. The van der Waals surface area contributed by atoms with Crippen LogP contribution < -0.4 is 0 Å². The monoisotopic (exact) mass is 231 g/mol. The van der Waals surface area contributed by atoms with E-state index in [1.807, 2.05) is 6.07 Å². The van der Waals surface area contributed by atoms with Crippen LogP contribution in [-0.2, 0) is 9.47 Å². The van der Waals surface area contributed by atoms with E-state index in [1.54, 1.807) is 25.1 Å². The first-order valence-electron chi connectivity index (χ1n) is 5.09. The van der Waals surface area contributed by atoms with Gasteiger partial charge in [0, 0.05) is 0 Å². The summed E-state index contributed by atoms with van der Waals surface area (Å²) < 4.78 is 9.82. The van der Waals surface area contributed by atoms with Gasteiger partial charge in [0.1, 0.15) is 13.2 Å². The van der Waals surface area contributed by atoms with Crippen LogP contribution >= 0.6 is 0 Å². The SMILES string of the molecule is C=COCCOC(=O)c1ccc(C#N)cc1C. The molecule has 0 aliphatic rings. The second-order valence-corrected chi connectivity index (χ2v) is 3.31. The first kappa shape index (κ1) is 12.8. The maximum atomic E-state index is 11.6.